The minimum absolute atomic E-state index is 0.133. The molecule has 0 fully saturated rings. The van der Waals surface area contributed by atoms with Crippen LogP contribution < -0.4 is 16.4 Å². The monoisotopic (exact) mass is 347 g/mol. The lowest BCUT2D eigenvalue weighted by Gasteiger charge is -2.12. The van der Waals surface area contributed by atoms with Gasteiger partial charge in [-0.05, 0) is 36.0 Å². The van der Waals surface area contributed by atoms with E-state index in [1.165, 1.54) is 12.7 Å². The molecule has 0 aliphatic rings. The third-order valence-corrected chi connectivity index (χ3v) is 4.19. The molecule has 5 nitrogen and oxygen atoms in total. The highest BCUT2D eigenvalue weighted by Gasteiger charge is 2.07. The molecule has 0 radical (unpaired) electrons. The zero-order valence-electron chi connectivity index (χ0n) is 12.5. The average Bonchev–Trinajstić information content (AvgIpc) is 2.56. The second-order valence-corrected chi connectivity index (χ2v) is 6.05. The van der Waals surface area contributed by atoms with Gasteiger partial charge < -0.3 is 15.8 Å². The van der Waals surface area contributed by atoms with Crippen molar-refractivity contribution in [3.63, 3.8) is 0 Å². The Morgan fingerprint density at radius 1 is 1.26 bits per heavy atom. The van der Waals surface area contributed by atoms with Gasteiger partial charge in [-0.3, -0.25) is 5.32 Å². The van der Waals surface area contributed by atoms with Gasteiger partial charge in [-0.25, -0.2) is 4.79 Å². The van der Waals surface area contributed by atoms with E-state index in [4.69, 9.17) is 18.0 Å². The molecule has 0 aromatic heterocycles. The fourth-order valence-corrected chi connectivity index (χ4v) is 2.88. The van der Waals surface area contributed by atoms with Crippen molar-refractivity contribution in [3.8, 4) is 0 Å². The number of hydrogen-bond acceptors (Lipinski definition) is 5. The Kier molecular flexibility index (Phi) is 6.25. The first kappa shape index (κ1) is 17.1. The first-order valence-electron chi connectivity index (χ1n) is 6.80. The number of nitrogens with one attached hydrogen (secondary N) is 2. The molecule has 0 saturated carbocycles. The number of carbonyl (C=O) groups excluding carboxylic acids is 1. The molecule has 0 saturated heterocycles. The molecule has 0 bridgehead atoms. The fourth-order valence-electron chi connectivity index (χ4n) is 1.78. The Balaban J connectivity index is 1.95. The molecule has 0 unspecified atom stereocenters. The number of nitrogens with two attached hydrogens (primary N) is 1. The van der Waals surface area contributed by atoms with Crippen LogP contribution >= 0.6 is 24.0 Å². The molecule has 1 amide bonds. The van der Waals surface area contributed by atoms with Gasteiger partial charge >= 0.3 is 6.09 Å². The minimum atomic E-state index is -0.629. The fraction of sp³-hybridized carbons (Fsp3) is 0.125. The van der Waals surface area contributed by atoms with E-state index in [9.17, 15) is 4.79 Å². The van der Waals surface area contributed by atoms with Crippen molar-refractivity contribution in [2.45, 2.75) is 10.6 Å². The Morgan fingerprint density at radius 3 is 2.65 bits per heavy atom. The lowest BCUT2D eigenvalue weighted by Crippen LogP contribution is -2.34. The number of ether oxygens (including phenoxy) is 1. The van der Waals surface area contributed by atoms with Gasteiger partial charge in [0.25, 0.3) is 0 Å². The van der Waals surface area contributed by atoms with Crippen LogP contribution in [-0.2, 0) is 10.5 Å². The van der Waals surface area contributed by atoms with E-state index >= 15 is 0 Å². The standard InChI is InChI=1S/C16H17N3O2S2/c1-21-16(20)19-15(22)18-14-8-7-12(9-13(14)17)23-10-11-5-3-2-4-6-11/h2-9H,10,17H2,1H3,(H2,18,19,20,22). The number of anilines is 2. The van der Waals surface area contributed by atoms with Gasteiger partial charge in [0.15, 0.2) is 5.11 Å². The highest BCUT2D eigenvalue weighted by molar-refractivity contribution is 7.98. The SMILES string of the molecule is COC(=O)NC(=S)Nc1ccc(SCc2ccccc2)cc1N. The van der Waals surface area contributed by atoms with E-state index in [1.54, 1.807) is 11.8 Å². The Hall–Kier alpha value is -2.25. The Morgan fingerprint density at radius 2 is 2.00 bits per heavy atom. The molecule has 0 aliphatic carbocycles. The van der Waals surface area contributed by atoms with E-state index in [0.717, 1.165) is 10.6 Å². The molecule has 23 heavy (non-hydrogen) atoms. The third kappa shape index (κ3) is 5.46. The number of nitrogen functional groups attached to an aromatic ring is 1. The maximum absolute atomic E-state index is 11.1. The van der Waals surface area contributed by atoms with Gasteiger partial charge in [0.2, 0.25) is 0 Å². The zero-order chi connectivity index (χ0) is 16.7. The average molecular weight is 347 g/mol. The summed E-state index contributed by atoms with van der Waals surface area (Å²) in [7, 11) is 1.27. The summed E-state index contributed by atoms with van der Waals surface area (Å²) in [6, 6.07) is 15.9. The number of rotatable bonds is 4. The van der Waals surface area contributed by atoms with Gasteiger partial charge in [0.1, 0.15) is 0 Å². The summed E-state index contributed by atoms with van der Waals surface area (Å²) in [5.74, 6) is 0.870. The largest absolute Gasteiger partial charge is 0.453 e. The first-order valence-corrected chi connectivity index (χ1v) is 8.20. The summed E-state index contributed by atoms with van der Waals surface area (Å²) in [6.07, 6.45) is -0.629. The maximum Gasteiger partial charge on any atom is 0.413 e. The van der Waals surface area contributed by atoms with Crippen molar-refractivity contribution in [1.29, 1.82) is 0 Å². The van der Waals surface area contributed by atoms with Crippen molar-refractivity contribution < 1.29 is 9.53 Å². The second kappa shape index (κ2) is 8.40. The van der Waals surface area contributed by atoms with Crippen molar-refractivity contribution in [1.82, 2.24) is 5.32 Å². The summed E-state index contributed by atoms with van der Waals surface area (Å²) in [5.41, 5.74) is 8.46. The summed E-state index contributed by atoms with van der Waals surface area (Å²) in [6.45, 7) is 0. The van der Waals surface area contributed by atoms with Gasteiger partial charge in [-0.2, -0.15) is 0 Å². The zero-order valence-corrected chi connectivity index (χ0v) is 14.2. The van der Waals surface area contributed by atoms with Crippen LogP contribution in [0.4, 0.5) is 16.2 Å². The van der Waals surface area contributed by atoms with Gasteiger partial charge in [0.05, 0.1) is 18.5 Å². The molecule has 2 aromatic rings. The summed E-state index contributed by atoms with van der Waals surface area (Å²) >= 11 is 6.70. The van der Waals surface area contributed by atoms with E-state index in [2.05, 4.69) is 27.5 Å². The molecule has 4 N–H and O–H groups in total. The van der Waals surface area contributed by atoms with Crippen molar-refractivity contribution in [2.75, 3.05) is 18.2 Å². The Labute approximate surface area is 144 Å². The van der Waals surface area contributed by atoms with E-state index in [-0.39, 0.29) is 5.11 Å². The van der Waals surface area contributed by atoms with Crippen LogP contribution in [0.15, 0.2) is 53.4 Å². The Bertz CT molecular complexity index is 693. The number of carbonyl (C=O) groups is 1. The van der Waals surface area contributed by atoms with Crippen LogP contribution in [0.1, 0.15) is 5.56 Å². The van der Waals surface area contributed by atoms with Crippen LogP contribution in [0.3, 0.4) is 0 Å². The molecule has 0 atom stereocenters. The van der Waals surface area contributed by atoms with E-state index in [0.29, 0.717) is 11.4 Å². The maximum atomic E-state index is 11.1. The van der Waals surface area contributed by atoms with E-state index in [1.807, 2.05) is 36.4 Å². The van der Waals surface area contributed by atoms with Gasteiger partial charge in [-0.15, -0.1) is 11.8 Å². The molecule has 0 spiro atoms. The first-order chi connectivity index (χ1) is 11.1. The number of amides is 1. The predicted molar refractivity (Wildman–Crippen MR) is 98.6 cm³/mol. The number of methoxy groups -OCH3 is 1. The van der Waals surface area contributed by atoms with Crippen molar-refractivity contribution in [2.24, 2.45) is 0 Å². The second-order valence-electron chi connectivity index (χ2n) is 4.59. The minimum Gasteiger partial charge on any atom is -0.453 e. The predicted octanol–water partition coefficient (Wildman–Crippen LogP) is 3.61. The van der Waals surface area contributed by atoms with Crippen molar-refractivity contribution >= 4 is 46.6 Å². The van der Waals surface area contributed by atoms with Crippen LogP contribution in [0, 0.1) is 0 Å². The number of alkyl carbamates (subject to hydrolysis) is 1. The topological polar surface area (TPSA) is 76.4 Å². The molecule has 0 aliphatic heterocycles. The van der Waals surface area contributed by atoms with Crippen LogP contribution in [-0.4, -0.2) is 18.3 Å². The molecular formula is C16H17N3O2S2. The van der Waals surface area contributed by atoms with Crippen molar-refractivity contribution in [3.05, 3.63) is 54.1 Å². The highest BCUT2D eigenvalue weighted by atomic mass is 32.2. The van der Waals surface area contributed by atoms with Gasteiger partial charge in [0, 0.05) is 10.6 Å². The summed E-state index contributed by atoms with van der Waals surface area (Å²) in [5, 5.41) is 5.36. The number of benzene rings is 2. The molecule has 2 aromatic carbocycles. The van der Waals surface area contributed by atoms with Crippen LogP contribution in [0.25, 0.3) is 0 Å². The molecule has 0 heterocycles. The molecule has 7 heteroatoms. The van der Waals surface area contributed by atoms with Crippen LogP contribution in [0.5, 0.6) is 0 Å². The summed E-state index contributed by atoms with van der Waals surface area (Å²) < 4.78 is 4.47. The quantitative estimate of drug-likeness (QED) is 0.446. The smallest absolute Gasteiger partial charge is 0.413 e. The number of hydrogen-bond donors (Lipinski definition) is 3. The highest BCUT2D eigenvalue weighted by Crippen LogP contribution is 2.28. The summed E-state index contributed by atoms with van der Waals surface area (Å²) in [4.78, 5) is 12.1. The number of thiocarbonyl (C=S) groups is 1. The van der Waals surface area contributed by atoms with E-state index < -0.39 is 6.09 Å². The third-order valence-electron chi connectivity index (χ3n) is 2.92. The van der Waals surface area contributed by atoms with Crippen LogP contribution in [0.2, 0.25) is 0 Å². The normalized spacial score (nSPS) is 9.96. The lowest BCUT2D eigenvalue weighted by molar-refractivity contribution is 0.177. The molecule has 2 rings (SSSR count). The lowest BCUT2D eigenvalue weighted by atomic mass is 10.2. The molecular weight excluding hydrogens is 330 g/mol. The molecule has 120 valence electrons. The number of thioether (sulfide) groups is 1. The van der Waals surface area contributed by atoms with Gasteiger partial charge in [-0.1, -0.05) is 30.3 Å².